The van der Waals surface area contributed by atoms with Crippen LogP contribution < -0.4 is 0 Å². The van der Waals surface area contributed by atoms with Crippen LogP contribution in [0.2, 0.25) is 36.3 Å². The lowest BCUT2D eigenvalue weighted by molar-refractivity contribution is -0.241. The van der Waals surface area contributed by atoms with E-state index in [0.29, 0.717) is 0 Å². The summed E-state index contributed by atoms with van der Waals surface area (Å²) < 4.78 is 42.8. The molecular formula is C31H56O13Si2. The zero-order valence-electron chi connectivity index (χ0n) is 30.2. The number of rotatable bonds is 10. The number of esters is 5. The van der Waals surface area contributed by atoms with Gasteiger partial charge in [-0.15, -0.1) is 0 Å². The van der Waals surface area contributed by atoms with Crippen LogP contribution in [0, 0.1) is 5.92 Å². The van der Waals surface area contributed by atoms with Gasteiger partial charge in [0, 0.05) is 34.6 Å². The molecule has 0 aromatic heterocycles. The van der Waals surface area contributed by atoms with E-state index in [1.807, 2.05) is 67.7 Å². The number of ether oxygens (including phenoxy) is 5. The lowest BCUT2D eigenvalue weighted by atomic mass is 9.79. The van der Waals surface area contributed by atoms with Crippen molar-refractivity contribution >= 4 is 46.5 Å². The molecule has 0 radical (unpaired) electrons. The third kappa shape index (κ3) is 10.9. The number of carbonyl (C=O) groups is 5. The predicted octanol–water partition coefficient (Wildman–Crippen LogP) is 4.05. The molecule has 0 aromatic rings. The molecule has 8 atom stereocenters. The summed E-state index contributed by atoms with van der Waals surface area (Å²) in [4.78, 5) is 63.2. The molecule has 1 N–H and O–H groups in total. The third-order valence-electron chi connectivity index (χ3n) is 8.98. The second-order valence-corrected chi connectivity index (χ2v) is 24.4. The number of aliphatic hydroxyl groups is 1. The van der Waals surface area contributed by atoms with Gasteiger partial charge in [0.2, 0.25) is 0 Å². The normalized spacial score (nSPS) is 27.8. The molecule has 0 saturated heterocycles. The highest BCUT2D eigenvalue weighted by Crippen LogP contribution is 2.45. The maximum Gasteiger partial charge on any atom is 0.303 e. The van der Waals surface area contributed by atoms with Crippen molar-refractivity contribution in [1.29, 1.82) is 0 Å². The minimum Gasteiger partial charge on any atom is -0.458 e. The number of carbonyl (C=O) groups excluding carboxylic acids is 5. The van der Waals surface area contributed by atoms with Crippen LogP contribution in [0.4, 0.5) is 0 Å². The Balaban J connectivity index is 4.49. The Kier molecular flexibility index (Phi) is 14.2. The second-order valence-electron chi connectivity index (χ2n) is 14.9. The fourth-order valence-electron chi connectivity index (χ4n) is 4.79. The summed E-state index contributed by atoms with van der Waals surface area (Å²) in [6.07, 6.45) is -10.4. The monoisotopic (exact) mass is 692 g/mol. The lowest BCUT2D eigenvalue weighted by Gasteiger charge is -2.52. The van der Waals surface area contributed by atoms with Crippen molar-refractivity contribution in [2.24, 2.45) is 5.92 Å². The SMILES string of the molecule is CC(=O)O[C@@H]1[C@H](OC(C)=O)[C@@H](O[Si](C)(C)C(C)(C)C)[C@H](O[Si](C)(C)C(C)(C)C)[C@@H](CO)[C@@H](OC(C)=O)[C@@H](OC(C)=O)[C@H]1OC(C)=O. The van der Waals surface area contributed by atoms with E-state index in [-0.39, 0.29) is 5.04 Å². The van der Waals surface area contributed by atoms with E-state index in [4.69, 9.17) is 32.5 Å². The van der Waals surface area contributed by atoms with Gasteiger partial charge in [0.25, 0.3) is 0 Å². The molecule has 13 nitrogen and oxygen atoms in total. The van der Waals surface area contributed by atoms with Crippen molar-refractivity contribution in [2.75, 3.05) is 6.61 Å². The molecule has 0 spiro atoms. The fourth-order valence-corrected chi connectivity index (χ4v) is 7.43. The maximum atomic E-state index is 12.8. The van der Waals surface area contributed by atoms with Crippen molar-refractivity contribution in [3.05, 3.63) is 0 Å². The number of aliphatic hydroxyl groups excluding tert-OH is 1. The molecule has 1 fully saturated rings. The van der Waals surface area contributed by atoms with Gasteiger partial charge in [-0.25, -0.2) is 0 Å². The van der Waals surface area contributed by atoms with Crippen molar-refractivity contribution < 1.29 is 61.6 Å². The summed E-state index contributed by atoms with van der Waals surface area (Å²) in [5.74, 6) is -5.29. The largest absolute Gasteiger partial charge is 0.458 e. The van der Waals surface area contributed by atoms with E-state index < -0.39 is 107 Å². The molecule has 0 amide bonds. The summed E-state index contributed by atoms with van der Waals surface area (Å²) in [7, 11) is -5.63. The highest BCUT2D eigenvalue weighted by Gasteiger charge is 2.60. The quantitative estimate of drug-likeness (QED) is 0.198. The minimum absolute atomic E-state index is 0.379. The zero-order valence-corrected chi connectivity index (χ0v) is 32.2. The summed E-state index contributed by atoms with van der Waals surface area (Å²) in [5, 5.41) is 10.3. The van der Waals surface area contributed by atoms with Gasteiger partial charge in [-0.05, 0) is 36.3 Å². The highest BCUT2D eigenvalue weighted by molar-refractivity contribution is 6.74. The van der Waals surface area contributed by atoms with E-state index in [1.54, 1.807) is 0 Å². The molecule has 15 heteroatoms. The molecule has 0 aliphatic heterocycles. The van der Waals surface area contributed by atoms with Crippen LogP contribution in [-0.4, -0.2) is 101 Å². The van der Waals surface area contributed by atoms with E-state index in [1.165, 1.54) is 0 Å². The first-order valence-electron chi connectivity index (χ1n) is 15.5. The Morgan fingerprint density at radius 2 is 0.717 bits per heavy atom. The topological polar surface area (TPSA) is 170 Å². The van der Waals surface area contributed by atoms with Crippen LogP contribution in [0.5, 0.6) is 0 Å². The second kappa shape index (κ2) is 15.7. The first-order chi connectivity index (χ1) is 20.7. The smallest absolute Gasteiger partial charge is 0.303 e. The molecular weight excluding hydrogens is 637 g/mol. The maximum absolute atomic E-state index is 12.8. The van der Waals surface area contributed by atoms with Gasteiger partial charge in [0.05, 0.1) is 18.6 Å². The average molecular weight is 693 g/mol. The van der Waals surface area contributed by atoms with Crippen molar-refractivity contribution in [2.45, 2.75) is 155 Å². The Labute approximate surface area is 275 Å². The van der Waals surface area contributed by atoms with E-state index in [2.05, 4.69) is 0 Å². The summed E-state index contributed by atoms with van der Waals surface area (Å²) in [5.41, 5.74) is 0. The van der Waals surface area contributed by atoms with Crippen LogP contribution in [-0.2, 0) is 56.5 Å². The van der Waals surface area contributed by atoms with Crippen LogP contribution in [0.1, 0.15) is 76.2 Å². The Morgan fingerprint density at radius 1 is 0.478 bits per heavy atom. The predicted molar refractivity (Wildman–Crippen MR) is 172 cm³/mol. The molecule has 0 aromatic carbocycles. The van der Waals surface area contributed by atoms with Crippen molar-refractivity contribution in [3.8, 4) is 0 Å². The van der Waals surface area contributed by atoms with Gasteiger partial charge in [-0.2, -0.15) is 0 Å². The van der Waals surface area contributed by atoms with Crippen LogP contribution in [0.25, 0.3) is 0 Å². The first kappa shape index (κ1) is 41.7. The first-order valence-corrected chi connectivity index (χ1v) is 21.3. The molecule has 0 heterocycles. The molecule has 46 heavy (non-hydrogen) atoms. The van der Waals surface area contributed by atoms with E-state index in [0.717, 1.165) is 34.6 Å². The molecule has 1 rings (SSSR count). The summed E-state index contributed by atoms with van der Waals surface area (Å²) in [6, 6.07) is 0. The van der Waals surface area contributed by atoms with Gasteiger partial charge in [0.1, 0.15) is 12.2 Å². The summed E-state index contributed by atoms with van der Waals surface area (Å²) in [6.45, 7) is 24.8. The standard InChI is InChI=1S/C31H56O13Si2/c1-17(33)38-23-22(16-32)24(43-45(12,13)30(6,7)8)29(44-46(14,15)31(9,10)11)28(42-21(5)37)27(41-20(4)36)26(40-19(3)35)25(23)39-18(2)34/h22-29,32H,16H2,1-15H3/t22-,23+,24+,25+,26+,27-,28-,29-/m0/s1. The minimum atomic E-state index is -2.83. The number of hydrogen-bond acceptors (Lipinski definition) is 13. The number of hydrogen-bond donors (Lipinski definition) is 1. The van der Waals surface area contributed by atoms with Gasteiger partial charge in [-0.1, -0.05) is 41.5 Å². The highest BCUT2D eigenvalue weighted by atomic mass is 28.4. The Hall–Kier alpha value is -2.34. The Morgan fingerprint density at radius 3 is 0.978 bits per heavy atom. The molecule has 1 saturated carbocycles. The van der Waals surface area contributed by atoms with Crippen molar-refractivity contribution in [1.82, 2.24) is 0 Å². The average Bonchev–Trinajstić information content (AvgIpc) is 2.83. The van der Waals surface area contributed by atoms with Gasteiger partial charge >= 0.3 is 29.8 Å². The zero-order chi connectivity index (χ0) is 36.2. The lowest BCUT2D eigenvalue weighted by Crippen LogP contribution is -2.69. The van der Waals surface area contributed by atoms with Crippen LogP contribution in [0.3, 0.4) is 0 Å². The van der Waals surface area contributed by atoms with Crippen molar-refractivity contribution in [3.63, 3.8) is 0 Å². The van der Waals surface area contributed by atoms with Gasteiger partial charge < -0.3 is 37.6 Å². The van der Waals surface area contributed by atoms with E-state index in [9.17, 15) is 29.1 Å². The fraction of sp³-hybridized carbons (Fsp3) is 0.839. The van der Waals surface area contributed by atoms with Gasteiger partial charge in [-0.3, -0.25) is 24.0 Å². The van der Waals surface area contributed by atoms with Crippen LogP contribution >= 0.6 is 0 Å². The molecule has 266 valence electrons. The summed E-state index contributed by atoms with van der Waals surface area (Å²) >= 11 is 0. The van der Waals surface area contributed by atoms with E-state index >= 15 is 0 Å². The van der Waals surface area contributed by atoms with Gasteiger partial charge in [0.15, 0.2) is 41.1 Å². The molecule has 0 bridgehead atoms. The molecule has 1 aliphatic rings. The Bertz CT molecular complexity index is 1110. The van der Waals surface area contributed by atoms with Crippen LogP contribution in [0.15, 0.2) is 0 Å². The molecule has 0 unspecified atom stereocenters. The third-order valence-corrected chi connectivity index (χ3v) is 17.9. The molecule has 1 aliphatic carbocycles.